The zero-order valence-corrected chi connectivity index (χ0v) is 53.3. The van der Waals surface area contributed by atoms with Crippen LogP contribution >= 0.6 is 0 Å². The van der Waals surface area contributed by atoms with Crippen molar-refractivity contribution in [3.63, 3.8) is 0 Å². The lowest BCUT2D eigenvalue weighted by molar-refractivity contribution is -0.143. The minimum Gasteiger partial charge on any atom is -0.480 e. The van der Waals surface area contributed by atoms with Crippen LogP contribution in [0.2, 0.25) is 0 Å². The average molecular weight is 1300 g/mol. The molecule has 30 heteroatoms. The van der Waals surface area contributed by atoms with E-state index in [1.54, 1.807) is 24.3 Å². The van der Waals surface area contributed by atoms with Crippen molar-refractivity contribution < 1.29 is 134 Å². The summed E-state index contributed by atoms with van der Waals surface area (Å²) in [5.74, 6) is -4.58. The van der Waals surface area contributed by atoms with Gasteiger partial charge in [-0.2, -0.15) is 0 Å². The van der Waals surface area contributed by atoms with Gasteiger partial charge in [0.05, 0.1) is 224 Å². The molecule has 0 fully saturated rings. The Morgan fingerprint density at radius 3 is 0.900 bits per heavy atom. The Morgan fingerprint density at radius 1 is 0.389 bits per heavy atom. The maximum atomic E-state index is 13.4. The Kier molecular flexibility index (Phi) is 62.6. The molecule has 0 aliphatic rings. The van der Waals surface area contributed by atoms with Gasteiger partial charge in [-0.3, -0.25) is 14.4 Å². The Morgan fingerprint density at radius 2 is 0.656 bits per heavy atom. The fraction of sp³-hybridized carbons (Fsp3) is 0.800. The second-order valence-electron chi connectivity index (χ2n) is 19.5. The minimum atomic E-state index is -1.01. The standard InChI is InChI=1S/C40H68N2O15.C20H38O13/c1-4-5-6-7-34(40(48)41-35-10-8-33(29-43)9-11-35)28-36(44)39(32(2)3)42-37(45)30-56-26-24-54-22-20-52-18-16-50-14-12-49-13-15-51-17-19-53-21-23-55-25-27-57-31-38(46)47;21-19(22)17-32-15-13-30-11-9-28-7-5-26-3-1-25-2-4-27-6-8-29-10-12-31-14-16-33-18-20(23)24/h8-11,32,34,39,43H,4-7,12-31H2,1-3H3,(H,41,48)(H,42,45)(H,46,47);1-18H2,(H,21,22)(H,23,24)/t34-,39+;/m1./s1. The summed E-state index contributed by atoms with van der Waals surface area (Å²) < 4.78 is 95.1. The number of hydrogen-bond acceptors (Lipinski definition) is 25. The Balaban J connectivity index is 0.00000204. The van der Waals surface area contributed by atoms with Gasteiger partial charge in [0.1, 0.15) is 26.4 Å². The number of ether oxygens (including phenoxy) is 18. The molecule has 2 amide bonds. The molecule has 2 atom stereocenters. The van der Waals surface area contributed by atoms with Crippen LogP contribution in [0.15, 0.2) is 24.3 Å². The van der Waals surface area contributed by atoms with Gasteiger partial charge in [0.15, 0.2) is 5.78 Å². The minimum absolute atomic E-state index is 0.0117. The van der Waals surface area contributed by atoms with Crippen molar-refractivity contribution in [2.75, 3.05) is 243 Å². The van der Waals surface area contributed by atoms with Crippen molar-refractivity contribution in [1.29, 1.82) is 0 Å². The number of benzene rings is 1. The van der Waals surface area contributed by atoms with E-state index < -0.39 is 35.8 Å². The van der Waals surface area contributed by atoms with E-state index in [4.69, 9.17) is 101 Å². The number of carboxylic acids is 3. The van der Waals surface area contributed by atoms with Crippen molar-refractivity contribution in [2.24, 2.45) is 11.8 Å². The average Bonchev–Trinajstić information content (AvgIpc) is 2.01. The molecule has 1 rings (SSSR count). The number of aliphatic carboxylic acids is 3. The number of unbranched alkanes of at least 4 members (excludes halogenated alkanes) is 2. The number of hydrogen-bond donors (Lipinski definition) is 6. The van der Waals surface area contributed by atoms with Crippen LogP contribution in [0.5, 0.6) is 0 Å². The summed E-state index contributed by atoms with van der Waals surface area (Å²) >= 11 is 0. The molecule has 1 aromatic carbocycles. The van der Waals surface area contributed by atoms with E-state index in [2.05, 4.69) is 17.6 Å². The maximum Gasteiger partial charge on any atom is 0.329 e. The number of carboxylic acid groups (broad SMARTS) is 3. The highest BCUT2D eigenvalue weighted by Gasteiger charge is 2.29. The van der Waals surface area contributed by atoms with Gasteiger partial charge in [0.2, 0.25) is 11.8 Å². The summed E-state index contributed by atoms with van der Waals surface area (Å²) in [7, 11) is 0. The van der Waals surface area contributed by atoms with Crippen LogP contribution in [-0.2, 0) is 121 Å². The Bertz CT molecular complexity index is 1800. The summed E-state index contributed by atoms with van der Waals surface area (Å²) in [5.41, 5.74) is 1.33. The summed E-state index contributed by atoms with van der Waals surface area (Å²) in [6.07, 6.45) is 3.32. The molecule has 30 nitrogen and oxygen atoms in total. The second-order valence-corrected chi connectivity index (χ2v) is 19.5. The molecule has 0 aliphatic carbocycles. The molecular weight excluding hydrogens is 1200 g/mol. The molecule has 0 aromatic heterocycles. The van der Waals surface area contributed by atoms with Gasteiger partial charge in [0, 0.05) is 18.0 Å². The van der Waals surface area contributed by atoms with Gasteiger partial charge >= 0.3 is 17.9 Å². The van der Waals surface area contributed by atoms with Crippen molar-refractivity contribution >= 4 is 41.2 Å². The molecule has 0 spiro atoms. The number of amides is 2. The molecule has 0 aliphatic heterocycles. The normalized spacial score (nSPS) is 12.0. The third-order valence-corrected chi connectivity index (χ3v) is 11.6. The van der Waals surface area contributed by atoms with E-state index in [1.165, 1.54) is 0 Å². The summed E-state index contributed by atoms with van der Waals surface area (Å²) in [5, 5.41) is 40.2. The van der Waals surface area contributed by atoms with Gasteiger partial charge in [-0.1, -0.05) is 52.2 Å². The summed E-state index contributed by atoms with van der Waals surface area (Å²) in [4.78, 5) is 69.9. The monoisotopic (exact) mass is 1300 g/mol. The van der Waals surface area contributed by atoms with Gasteiger partial charge in [-0.25, -0.2) is 14.4 Å². The summed E-state index contributed by atoms with van der Waals surface area (Å²) in [6.45, 7) is 16.9. The van der Waals surface area contributed by atoms with Crippen molar-refractivity contribution in [3.05, 3.63) is 29.8 Å². The molecule has 0 bridgehead atoms. The molecule has 0 saturated carbocycles. The van der Waals surface area contributed by atoms with E-state index in [1.807, 2.05) is 13.8 Å². The third-order valence-electron chi connectivity index (χ3n) is 11.6. The lowest BCUT2D eigenvalue weighted by Crippen LogP contribution is -2.46. The molecular formula is C60H106N2O28. The van der Waals surface area contributed by atoms with Crippen molar-refractivity contribution in [1.82, 2.24) is 5.32 Å². The SMILES string of the molecule is CCCCC[C@H](CC(=O)[C@@H](NC(=O)COCCOCCOCCOCCOCCOCCOCCOCCOCC(=O)O)C(C)C)C(=O)Nc1ccc(CO)cc1.O=C(O)COCCOCCOCCOCCOCCOCCOCCOCCOCC(=O)O. The fourth-order valence-corrected chi connectivity index (χ4v) is 7.07. The van der Waals surface area contributed by atoms with Gasteiger partial charge < -0.3 is 116 Å². The van der Waals surface area contributed by atoms with Crippen LogP contribution in [0.4, 0.5) is 5.69 Å². The van der Waals surface area contributed by atoms with Crippen LogP contribution in [0.3, 0.4) is 0 Å². The molecule has 0 heterocycles. The molecule has 6 N–H and O–H groups in total. The van der Waals surface area contributed by atoms with Crippen molar-refractivity contribution in [2.45, 2.75) is 65.5 Å². The van der Waals surface area contributed by atoms with Crippen LogP contribution < -0.4 is 10.6 Å². The first-order valence-corrected chi connectivity index (χ1v) is 30.7. The topological polar surface area (TPSA) is 374 Å². The highest BCUT2D eigenvalue weighted by atomic mass is 16.6. The molecule has 0 radical (unpaired) electrons. The third kappa shape index (κ3) is 61.0. The number of aliphatic hydroxyl groups is 1. The van der Waals surface area contributed by atoms with E-state index in [9.17, 15) is 33.9 Å². The first-order chi connectivity index (χ1) is 43.8. The highest BCUT2D eigenvalue weighted by molar-refractivity contribution is 5.97. The number of rotatable bonds is 68. The van der Waals surface area contributed by atoms with Crippen LogP contribution in [0.1, 0.15) is 58.4 Å². The first kappa shape index (κ1) is 85.5. The van der Waals surface area contributed by atoms with E-state index in [-0.39, 0.29) is 90.1 Å². The number of aliphatic hydroxyl groups excluding tert-OH is 1. The number of carbonyl (C=O) groups is 6. The Hall–Kier alpha value is -4.52. The van der Waals surface area contributed by atoms with Crippen LogP contribution in [-0.4, -0.2) is 300 Å². The zero-order chi connectivity index (χ0) is 66.0. The molecule has 524 valence electrons. The number of Topliss-reactive ketones (excluding diaryl/α,β-unsaturated/α-hetero) is 1. The van der Waals surface area contributed by atoms with E-state index in [0.29, 0.717) is 190 Å². The van der Waals surface area contributed by atoms with E-state index in [0.717, 1.165) is 24.8 Å². The number of carbonyl (C=O) groups excluding carboxylic acids is 3. The molecule has 0 unspecified atom stereocenters. The Labute approximate surface area is 529 Å². The van der Waals surface area contributed by atoms with Gasteiger partial charge in [0.25, 0.3) is 0 Å². The quantitative estimate of drug-likeness (QED) is 0.0508. The smallest absolute Gasteiger partial charge is 0.329 e. The predicted molar refractivity (Wildman–Crippen MR) is 323 cm³/mol. The first-order valence-electron chi connectivity index (χ1n) is 30.7. The maximum absolute atomic E-state index is 13.4. The largest absolute Gasteiger partial charge is 0.480 e. The molecule has 1 aromatic rings. The van der Waals surface area contributed by atoms with Crippen molar-refractivity contribution in [3.8, 4) is 0 Å². The molecule has 90 heavy (non-hydrogen) atoms. The van der Waals surface area contributed by atoms with Gasteiger partial charge in [-0.15, -0.1) is 0 Å². The number of nitrogens with one attached hydrogen (secondary N) is 2. The van der Waals surface area contributed by atoms with Crippen LogP contribution in [0, 0.1) is 11.8 Å². The lowest BCUT2D eigenvalue weighted by Gasteiger charge is -2.24. The predicted octanol–water partition coefficient (Wildman–Crippen LogP) is 1.95. The lowest BCUT2D eigenvalue weighted by atomic mass is 9.89. The highest BCUT2D eigenvalue weighted by Crippen LogP contribution is 2.21. The van der Waals surface area contributed by atoms with Crippen LogP contribution in [0.25, 0.3) is 0 Å². The number of ketones is 1. The zero-order valence-electron chi connectivity index (χ0n) is 53.3. The molecule has 0 saturated heterocycles. The number of anilines is 1. The summed E-state index contributed by atoms with van der Waals surface area (Å²) in [6, 6.07) is 6.16. The fourth-order valence-electron chi connectivity index (χ4n) is 7.07. The van der Waals surface area contributed by atoms with Gasteiger partial charge in [-0.05, 0) is 30.0 Å². The second kappa shape index (κ2) is 66.0. The van der Waals surface area contributed by atoms with E-state index >= 15 is 0 Å².